The number of methoxy groups -OCH3 is 1. The molecule has 0 N–H and O–H groups in total. The minimum atomic E-state index is -0.0170. The summed E-state index contributed by atoms with van der Waals surface area (Å²) in [6.07, 6.45) is 3.47. The molecule has 0 bridgehead atoms. The van der Waals surface area contributed by atoms with Crippen molar-refractivity contribution in [3.05, 3.63) is 101 Å². The van der Waals surface area contributed by atoms with Crippen LogP contribution in [0.4, 0.5) is 0 Å². The minimum Gasteiger partial charge on any atom is -0.496 e. The van der Waals surface area contributed by atoms with Gasteiger partial charge >= 0.3 is 0 Å². The Bertz CT molecular complexity index is 1250. The second kappa shape index (κ2) is 8.37. The first kappa shape index (κ1) is 19.6. The van der Waals surface area contributed by atoms with Crippen molar-refractivity contribution >= 4 is 22.6 Å². The standard InChI is InChI=1S/C26H24N2O2/c1-18-14-19(2)28(27-18)17-24-15-20(9-13-26(24)30-3)8-12-25(29)23-11-10-21-6-4-5-7-22(21)16-23/h4-16H,17H2,1-3H3/b12-8+. The number of carbonyl (C=O) groups excluding carboxylic acids is 1. The number of hydrogen-bond acceptors (Lipinski definition) is 3. The molecule has 150 valence electrons. The van der Waals surface area contributed by atoms with Gasteiger partial charge in [-0.1, -0.05) is 48.5 Å². The van der Waals surface area contributed by atoms with Crippen LogP contribution in [0.25, 0.3) is 16.8 Å². The molecule has 0 aliphatic heterocycles. The summed E-state index contributed by atoms with van der Waals surface area (Å²) >= 11 is 0. The fourth-order valence-electron chi connectivity index (χ4n) is 3.63. The average Bonchev–Trinajstić information content (AvgIpc) is 3.08. The maximum absolute atomic E-state index is 12.7. The van der Waals surface area contributed by atoms with Crippen LogP contribution in [-0.2, 0) is 6.54 Å². The van der Waals surface area contributed by atoms with Crippen molar-refractivity contribution in [3.63, 3.8) is 0 Å². The van der Waals surface area contributed by atoms with Crippen LogP contribution in [0.1, 0.15) is 32.9 Å². The van der Waals surface area contributed by atoms with Gasteiger partial charge in [0.05, 0.1) is 19.3 Å². The molecular weight excluding hydrogens is 372 g/mol. The van der Waals surface area contributed by atoms with Gasteiger partial charge in [-0.05, 0) is 60.5 Å². The quantitative estimate of drug-likeness (QED) is 0.314. The number of allylic oxidation sites excluding steroid dienone is 1. The van der Waals surface area contributed by atoms with E-state index >= 15 is 0 Å². The van der Waals surface area contributed by atoms with Crippen LogP contribution in [0.15, 0.2) is 72.8 Å². The zero-order valence-electron chi connectivity index (χ0n) is 17.4. The fourth-order valence-corrected chi connectivity index (χ4v) is 3.63. The Morgan fingerprint density at radius 1 is 1.00 bits per heavy atom. The summed E-state index contributed by atoms with van der Waals surface area (Å²) in [5, 5.41) is 6.73. The van der Waals surface area contributed by atoms with Crippen LogP contribution < -0.4 is 4.74 Å². The van der Waals surface area contributed by atoms with Gasteiger partial charge in [-0.25, -0.2) is 0 Å². The number of ether oxygens (including phenoxy) is 1. The number of aryl methyl sites for hydroxylation is 2. The highest BCUT2D eigenvalue weighted by Crippen LogP contribution is 2.23. The van der Waals surface area contributed by atoms with Crippen molar-refractivity contribution < 1.29 is 9.53 Å². The third-order valence-electron chi connectivity index (χ3n) is 5.19. The van der Waals surface area contributed by atoms with Crippen LogP contribution in [0.2, 0.25) is 0 Å². The molecule has 0 aliphatic carbocycles. The van der Waals surface area contributed by atoms with E-state index in [1.807, 2.05) is 85.3 Å². The molecule has 1 heterocycles. The second-order valence-corrected chi connectivity index (χ2v) is 7.42. The van der Waals surface area contributed by atoms with E-state index in [9.17, 15) is 4.79 Å². The molecule has 4 aromatic rings. The van der Waals surface area contributed by atoms with Gasteiger partial charge < -0.3 is 4.74 Å². The van der Waals surface area contributed by atoms with Gasteiger partial charge in [0.1, 0.15) is 5.75 Å². The van der Waals surface area contributed by atoms with Gasteiger partial charge in [0.15, 0.2) is 5.78 Å². The summed E-state index contributed by atoms with van der Waals surface area (Å²) in [5.74, 6) is 0.789. The second-order valence-electron chi connectivity index (χ2n) is 7.42. The van der Waals surface area contributed by atoms with E-state index in [0.29, 0.717) is 12.1 Å². The van der Waals surface area contributed by atoms with Crippen LogP contribution in [-0.4, -0.2) is 22.7 Å². The summed E-state index contributed by atoms with van der Waals surface area (Å²) in [7, 11) is 1.67. The lowest BCUT2D eigenvalue weighted by Crippen LogP contribution is -2.05. The Morgan fingerprint density at radius 2 is 1.80 bits per heavy atom. The predicted octanol–water partition coefficient (Wildman–Crippen LogP) is 5.61. The van der Waals surface area contributed by atoms with Crippen LogP contribution in [0.5, 0.6) is 5.75 Å². The molecule has 1 aromatic heterocycles. The van der Waals surface area contributed by atoms with Crippen molar-refractivity contribution in [1.29, 1.82) is 0 Å². The average molecular weight is 396 g/mol. The highest BCUT2D eigenvalue weighted by atomic mass is 16.5. The molecule has 0 aliphatic rings. The molecule has 4 heteroatoms. The summed E-state index contributed by atoms with van der Waals surface area (Å²) in [6, 6.07) is 21.8. The molecule has 4 rings (SSSR count). The van der Waals surface area contributed by atoms with Crippen molar-refractivity contribution in [3.8, 4) is 5.75 Å². The van der Waals surface area contributed by atoms with E-state index in [1.54, 1.807) is 13.2 Å². The first-order chi connectivity index (χ1) is 14.5. The fraction of sp³-hybridized carbons (Fsp3) is 0.154. The van der Waals surface area contributed by atoms with Gasteiger partial charge in [-0.2, -0.15) is 5.10 Å². The lowest BCUT2D eigenvalue weighted by Gasteiger charge is -2.11. The first-order valence-electron chi connectivity index (χ1n) is 9.92. The highest BCUT2D eigenvalue weighted by Gasteiger charge is 2.09. The highest BCUT2D eigenvalue weighted by molar-refractivity contribution is 6.08. The largest absolute Gasteiger partial charge is 0.496 e. The first-order valence-corrected chi connectivity index (χ1v) is 9.92. The van der Waals surface area contributed by atoms with E-state index < -0.39 is 0 Å². The lowest BCUT2D eigenvalue weighted by molar-refractivity contribution is 0.104. The van der Waals surface area contributed by atoms with Gasteiger partial charge in [0.2, 0.25) is 0 Å². The monoisotopic (exact) mass is 396 g/mol. The van der Waals surface area contributed by atoms with Crippen molar-refractivity contribution in [2.75, 3.05) is 7.11 Å². The van der Waals surface area contributed by atoms with Gasteiger partial charge in [-0.3, -0.25) is 9.48 Å². The number of hydrogen-bond donors (Lipinski definition) is 0. The number of carbonyl (C=O) groups is 1. The molecule has 30 heavy (non-hydrogen) atoms. The molecule has 3 aromatic carbocycles. The number of nitrogens with zero attached hydrogens (tertiary/aromatic N) is 2. The third-order valence-corrected chi connectivity index (χ3v) is 5.19. The number of fused-ring (bicyclic) bond motifs is 1. The Kier molecular flexibility index (Phi) is 5.48. The number of benzene rings is 3. The number of ketones is 1. The van der Waals surface area contributed by atoms with E-state index in [2.05, 4.69) is 11.2 Å². The molecule has 0 spiro atoms. The van der Waals surface area contributed by atoms with E-state index in [0.717, 1.165) is 39.0 Å². The van der Waals surface area contributed by atoms with Gasteiger partial charge in [0.25, 0.3) is 0 Å². The molecule has 0 atom stereocenters. The molecule has 0 saturated heterocycles. The SMILES string of the molecule is COc1ccc(/C=C/C(=O)c2ccc3ccccc3c2)cc1Cn1nc(C)cc1C. The number of rotatable bonds is 6. The Balaban J connectivity index is 1.58. The molecular formula is C26H24N2O2. The van der Waals surface area contributed by atoms with Crippen LogP contribution in [0.3, 0.4) is 0 Å². The maximum atomic E-state index is 12.7. The summed E-state index contributed by atoms with van der Waals surface area (Å²) in [6.45, 7) is 4.64. The van der Waals surface area contributed by atoms with Crippen LogP contribution >= 0.6 is 0 Å². The van der Waals surface area contributed by atoms with E-state index in [1.165, 1.54) is 0 Å². The van der Waals surface area contributed by atoms with E-state index in [4.69, 9.17) is 4.74 Å². The van der Waals surface area contributed by atoms with E-state index in [-0.39, 0.29) is 5.78 Å². The molecule has 0 fully saturated rings. The molecule has 4 nitrogen and oxygen atoms in total. The van der Waals surface area contributed by atoms with Crippen molar-refractivity contribution in [2.24, 2.45) is 0 Å². The molecule has 0 unspecified atom stereocenters. The zero-order valence-corrected chi connectivity index (χ0v) is 17.4. The molecule has 0 radical (unpaired) electrons. The number of aromatic nitrogens is 2. The lowest BCUT2D eigenvalue weighted by atomic mass is 10.0. The maximum Gasteiger partial charge on any atom is 0.185 e. The van der Waals surface area contributed by atoms with Crippen LogP contribution in [0, 0.1) is 13.8 Å². The Morgan fingerprint density at radius 3 is 2.53 bits per heavy atom. The summed E-state index contributed by atoms with van der Waals surface area (Å²) in [4.78, 5) is 12.7. The Hall–Kier alpha value is -3.66. The third kappa shape index (κ3) is 4.18. The summed E-state index contributed by atoms with van der Waals surface area (Å²) < 4.78 is 7.48. The smallest absolute Gasteiger partial charge is 0.185 e. The van der Waals surface area contributed by atoms with Gasteiger partial charge in [-0.15, -0.1) is 0 Å². The minimum absolute atomic E-state index is 0.0170. The summed E-state index contributed by atoms with van der Waals surface area (Å²) in [5.41, 5.74) is 4.73. The predicted molar refractivity (Wildman–Crippen MR) is 121 cm³/mol. The molecule has 0 amide bonds. The normalized spacial score (nSPS) is 11.3. The van der Waals surface area contributed by atoms with Crippen molar-refractivity contribution in [1.82, 2.24) is 9.78 Å². The zero-order chi connectivity index (χ0) is 21.1. The topological polar surface area (TPSA) is 44.1 Å². The van der Waals surface area contributed by atoms with Gasteiger partial charge in [0, 0.05) is 16.8 Å². The van der Waals surface area contributed by atoms with Crippen molar-refractivity contribution in [2.45, 2.75) is 20.4 Å². The molecule has 0 saturated carbocycles. The Labute approximate surface area is 176 Å².